The molecule has 12 heteroatoms. The molecular formula is C24H21F5N4O3. The van der Waals surface area contributed by atoms with Crippen molar-refractivity contribution in [2.45, 2.75) is 38.5 Å². The van der Waals surface area contributed by atoms with Crippen molar-refractivity contribution in [2.24, 2.45) is 5.73 Å². The zero-order chi connectivity index (χ0) is 26.5. The number of halogens is 5. The second-order valence-electron chi connectivity index (χ2n) is 7.79. The van der Waals surface area contributed by atoms with Crippen LogP contribution in [0.15, 0.2) is 48.7 Å². The summed E-state index contributed by atoms with van der Waals surface area (Å²) in [6, 6.07) is 9.70. The lowest BCUT2D eigenvalue weighted by Crippen LogP contribution is -2.32. The fraction of sp³-hybridized carbons (Fsp3) is 0.250. The van der Waals surface area contributed by atoms with Crippen LogP contribution in [-0.2, 0) is 22.4 Å². The minimum atomic E-state index is -4.80. The molecule has 3 N–H and O–H groups in total. The SMILES string of the molecule is C[C@H](OC(=O)Nc1ccc(-c2ccnnc2CCC(N)=O)c(Cc2ccccc2F)c1F)C(F)(F)F. The molecule has 0 fully saturated rings. The molecule has 3 aromatic rings. The topological polar surface area (TPSA) is 107 Å². The Morgan fingerprint density at radius 1 is 1.08 bits per heavy atom. The van der Waals surface area contributed by atoms with Gasteiger partial charge in [0.2, 0.25) is 5.91 Å². The predicted molar refractivity (Wildman–Crippen MR) is 120 cm³/mol. The van der Waals surface area contributed by atoms with Crippen LogP contribution in [0.3, 0.4) is 0 Å². The van der Waals surface area contributed by atoms with Gasteiger partial charge in [0.25, 0.3) is 0 Å². The molecule has 0 unspecified atom stereocenters. The van der Waals surface area contributed by atoms with Crippen LogP contribution in [0.5, 0.6) is 0 Å². The first-order valence-corrected chi connectivity index (χ1v) is 10.7. The van der Waals surface area contributed by atoms with Crippen molar-refractivity contribution >= 4 is 17.7 Å². The van der Waals surface area contributed by atoms with E-state index in [1.54, 1.807) is 6.07 Å². The lowest BCUT2D eigenvalue weighted by atomic mass is 9.92. The Morgan fingerprint density at radius 2 is 1.81 bits per heavy atom. The number of hydrogen-bond donors (Lipinski definition) is 2. The fourth-order valence-electron chi connectivity index (χ4n) is 3.37. The number of nitrogens with two attached hydrogens (primary N) is 1. The predicted octanol–water partition coefficient (Wildman–Crippen LogP) is 4.93. The molecule has 0 saturated heterocycles. The van der Waals surface area contributed by atoms with Crippen molar-refractivity contribution in [1.29, 1.82) is 0 Å². The number of ether oxygens (including phenoxy) is 1. The normalized spacial score (nSPS) is 12.2. The summed E-state index contributed by atoms with van der Waals surface area (Å²) in [6.45, 7) is 0.632. The van der Waals surface area contributed by atoms with Gasteiger partial charge in [0.05, 0.1) is 17.6 Å². The van der Waals surface area contributed by atoms with Gasteiger partial charge < -0.3 is 10.5 Å². The maximum atomic E-state index is 15.7. The summed E-state index contributed by atoms with van der Waals surface area (Å²) >= 11 is 0. The van der Waals surface area contributed by atoms with E-state index in [9.17, 15) is 27.2 Å². The number of carbonyl (C=O) groups excluding carboxylic acids is 2. The van der Waals surface area contributed by atoms with E-state index >= 15 is 4.39 Å². The standard InChI is InChI=1S/C24H21F5N4O3/c1-13(24(27,28)29)36-23(35)32-20-7-6-15(16-10-11-31-33-19(16)8-9-21(30)34)17(22(20)26)12-14-4-2-3-5-18(14)25/h2-7,10-11,13H,8-9,12H2,1H3,(H2,30,34)(H,32,35)/t13-/m0/s1. The Balaban J connectivity index is 2.05. The molecule has 0 aliphatic carbocycles. The maximum absolute atomic E-state index is 15.7. The monoisotopic (exact) mass is 508 g/mol. The number of aromatic nitrogens is 2. The molecule has 1 atom stereocenters. The van der Waals surface area contributed by atoms with Gasteiger partial charge in [-0.3, -0.25) is 10.1 Å². The quantitative estimate of drug-likeness (QED) is 0.420. The Kier molecular flexibility index (Phi) is 8.18. The number of hydrogen-bond acceptors (Lipinski definition) is 5. The minimum Gasteiger partial charge on any atom is -0.437 e. The number of anilines is 1. The molecular weight excluding hydrogens is 487 g/mol. The third-order valence-electron chi connectivity index (χ3n) is 5.25. The van der Waals surface area contributed by atoms with Crippen LogP contribution in [-0.4, -0.2) is 34.5 Å². The van der Waals surface area contributed by atoms with E-state index in [4.69, 9.17) is 5.73 Å². The summed E-state index contributed by atoms with van der Waals surface area (Å²) in [5.41, 5.74) is 5.77. The largest absolute Gasteiger partial charge is 0.437 e. The van der Waals surface area contributed by atoms with Crippen molar-refractivity contribution in [2.75, 3.05) is 5.32 Å². The lowest BCUT2D eigenvalue weighted by molar-refractivity contribution is -0.196. The molecule has 0 aliphatic rings. The maximum Gasteiger partial charge on any atom is 0.425 e. The van der Waals surface area contributed by atoms with Gasteiger partial charge in [0.1, 0.15) is 5.82 Å². The molecule has 0 spiro atoms. The summed E-state index contributed by atoms with van der Waals surface area (Å²) in [4.78, 5) is 23.2. The van der Waals surface area contributed by atoms with Crippen molar-refractivity contribution < 1.29 is 36.3 Å². The van der Waals surface area contributed by atoms with Crippen LogP contribution in [0.2, 0.25) is 0 Å². The molecule has 0 radical (unpaired) electrons. The summed E-state index contributed by atoms with van der Waals surface area (Å²) in [6.07, 6.45) is -7.62. The fourth-order valence-corrected chi connectivity index (χ4v) is 3.37. The van der Waals surface area contributed by atoms with Gasteiger partial charge in [-0.1, -0.05) is 24.3 Å². The summed E-state index contributed by atoms with van der Waals surface area (Å²) in [5, 5.41) is 9.75. The molecule has 1 aromatic heterocycles. The second kappa shape index (κ2) is 11.1. The molecule has 7 nitrogen and oxygen atoms in total. The van der Waals surface area contributed by atoms with Gasteiger partial charge in [-0.15, -0.1) is 0 Å². The highest BCUT2D eigenvalue weighted by Crippen LogP contribution is 2.34. The Labute approximate surface area is 202 Å². The lowest BCUT2D eigenvalue weighted by Gasteiger charge is -2.19. The van der Waals surface area contributed by atoms with E-state index in [1.165, 1.54) is 36.5 Å². The Morgan fingerprint density at radius 3 is 2.47 bits per heavy atom. The van der Waals surface area contributed by atoms with E-state index in [-0.39, 0.29) is 36.0 Å². The number of aryl methyl sites for hydroxylation is 1. The average Bonchev–Trinajstić information content (AvgIpc) is 2.81. The molecule has 2 aromatic carbocycles. The number of nitrogens with zero attached hydrogens (tertiary/aromatic N) is 2. The highest BCUT2D eigenvalue weighted by Gasteiger charge is 2.39. The Hall–Kier alpha value is -4.09. The molecule has 1 heterocycles. The molecule has 0 saturated carbocycles. The first-order chi connectivity index (χ1) is 17.0. The van der Waals surface area contributed by atoms with Gasteiger partial charge in [-0.25, -0.2) is 13.6 Å². The second-order valence-corrected chi connectivity index (χ2v) is 7.79. The zero-order valence-electron chi connectivity index (χ0n) is 18.9. The van der Waals surface area contributed by atoms with Crippen LogP contribution in [0.25, 0.3) is 11.1 Å². The molecule has 0 aliphatic heterocycles. The van der Waals surface area contributed by atoms with Crippen molar-refractivity contribution in [3.8, 4) is 11.1 Å². The smallest absolute Gasteiger partial charge is 0.425 e. The zero-order valence-corrected chi connectivity index (χ0v) is 18.9. The van der Waals surface area contributed by atoms with Crippen LogP contribution in [0.4, 0.5) is 32.4 Å². The molecule has 0 bridgehead atoms. The third kappa shape index (κ3) is 6.52. The number of benzene rings is 2. The van der Waals surface area contributed by atoms with E-state index in [2.05, 4.69) is 14.9 Å². The highest BCUT2D eigenvalue weighted by atomic mass is 19.4. The van der Waals surface area contributed by atoms with Crippen molar-refractivity contribution in [3.63, 3.8) is 0 Å². The van der Waals surface area contributed by atoms with Crippen LogP contribution in [0, 0.1) is 11.6 Å². The van der Waals surface area contributed by atoms with E-state index in [0.717, 1.165) is 6.07 Å². The number of primary amides is 1. The highest BCUT2D eigenvalue weighted by molar-refractivity contribution is 5.86. The number of alkyl halides is 3. The average molecular weight is 508 g/mol. The number of carbonyl (C=O) groups is 2. The van der Waals surface area contributed by atoms with E-state index in [1.807, 2.05) is 5.32 Å². The molecule has 2 amide bonds. The molecule has 36 heavy (non-hydrogen) atoms. The molecule has 190 valence electrons. The van der Waals surface area contributed by atoms with Crippen LogP contribution >= 0.6 is 0 Å². The van der Waals surface area contributed by atoms with E-state index in [0.29, 0.717) is 18.2 Å². The number of rotatable bonds is 8. The summed E-state index contributed by atoms with van der Waals surface area (Å²) in [5.74, 6) is -2.21. The van der Waals surface area contributed by atoms with Crippen molar-refractivity contribution in [1.82, 2.24) is 10.2 Å². The number of amides is 2. The van der Waals surface area contributed by atoms with E-state index < -0.39 is 41.6 Å². The van der Waals surface area contributed by atoms with Crippen LogP contribution in [0.1, 0.15) is 30.2 Å². The summed E-state index contributed by atoms with van der Waals surface area (Å²) < 4.78 is 72.5. The third-order valence-corrected chi connectivity index (χ3v) is 5.25. The van der Waals surface area contributed by atoms with Gasteiger partial charge in [-0.05, 0) is 36.2 Å². The minimum absolute atomic E-state index is 0.0559. The molecule has 3 rings (SSSR count). The van der Waals surface area contributed by atoms with Gasteiger partial charge >= 0.3 is 12.3 Å². The Bertz CT molecular complexity index is 1270. The summed E-state index contributed by atoms with van der Waals surface area (Å²) in [7, 11) is 0. The van der Waals surface area contributed by atoms with Gasteiger partial charge in [0, 0.05) is 30.4 Å². The number of nitrogens with one attached hydrogen (secondary N) is 1. The van der Waals surface area contributed by atoms with Gasteiger partial charge in [-0.2, -0.15) is 23.4 Å². The first-order valence-electron chi connectivity index (χ1n) is 10.7. The van der Waals surface area contributed by atoms with Crippen LogP contribution < -0.4 is 11.1 Å². The van der Waals surface area contributed by atoms with Crippen molar-refractivity contribution in [3.05, 3.63) is 77.1 Å². The van der Waals surface area contributed by atoms with Gasteiger partial charge in [0.15, 0.2) is 11.9 Å². The first kappa shape index (κ1) is 26.5.